The van der Waals surface area contributed by atoms with Gasteiger partial charge >= 0.3 is 5.97 Å². The predicted octanol–water partition coefficient (Wildman–Crippen LogP) is 7.19. The Balaban J connectivity index is 1.91. The maximum absolute atomic E-state index is 11.9. The van der Waals surface area contributed by atoms with Crippen molar-refractivity contribution in [1.29, 1.82) is 0 Å². The fourth-order valence-electron chi connectivity index (χ4n) is 2.95. The zero-order chi connectivity index (χ0) is 18.2. The summed E-state index contributed by atoms with van der Waals surface area (Å²) in [6.45, 7) is 6.50. The van der Waals surface area contributed by atoms with Crippen LogP contribution < -0.4 is 0 Å². The molecule has 0 aromatic heterocycles. The average Bonchev–Trinajstić information content (AvgIpc) is 2.65. The van der Waals surface area contributed by atoms with Crippen molar-refractivity contribution in [3.8, 4) is 0 Å². The normalized spacial score (nSPS) is 10.6. The van der Waals surface area contributed by atoms with Gasteiger partial charge in [-0.25, -0.2) is 4.79 Å². The van der Waals surface area contributed by atoms with Crippen LogP contribution in [0.4, 0.5) is 0 Å². The molecule has 1 rings (SSSR count). The molecule has 140 valence electrons. The lowest BCUT2D eigenvalue weighted by Crippen LogP contribution is -2.06. The second kappa shape index (κ2) is 14.7. The van der Waals surface area contributed by atoms with E-state index in [4.69, 9.17) is 4.74 Å². The minimum absolute atomic E-state index is 0.223. The van der Waals surface area contributed by atoms with Crippen LogP contribution in [-0.4, -0.2) is 12.6 Å². The molecule has 25 heavy (non-hydrogen) atoms. The quantitative estimate of drug-likeness (QED) is 0.249. The number of hydrogen-bond acceptors (Lipinski definition) is 2. The van der Waals surface area contributed by atoms with Crippen molar-refractivity contribution < 1.29 is 9.53 Å². The molecule has 0 aliphatic carbocycles. The smallest absolute Gasteiger partial charge is 0.338 e. The summed E-state index contributed by atoms with van der Waals surface area (Å²) in [6, 6.07) is 7.35. The van der Waals surface area contributed by atoms with Crippen molar-refractivity contribution >= 4 is 12.0 Å². The Morgan fingerprint density at radius 2 is 1.32 bits per heavy atom. The first-order valence-electron chi connectivity index (χ1n) is 10.2. The van der Waals surface area contributed by atoms with E-state index < -0.39 is 0 Å². The third-order valence-electron chi connectivity index (χ3n) is 4.61. The van der Waals surface area contributed by atoms with Crippen molar-refractivity contribution in [3.63, 3.8) is 0 Å². The molecule has 0 N–H and O–H groups in total. The lowest BCUT2D eigenvalue weighted by atomic mass is 10.1. The molecule has 0 saturated carbocycles. The van der Waals surface area contributed by atoms with E-state index in [1.54, 1.807) is 18.2 Å². The van der Waals surface area contributed by atoms with Crippen molar-refractivity contribution in [2.75, 3.05) is 6.61 Å². The number of ether oxygens (including phenoxy) is 1. The molecule has 0 aliphatic heterocycles. The SMILES string of the molecule is C=Cc1ccc(C(=O)OCCCCCCCCCCCCCC)cc1. The van der Waals surface area contributed by atoms with Crippen LogP contribution in [0.25, 0.3) is 6.08 Å². The number of benzene rings is 1. The molecular formula is C23H36O2. The lowest BCUT2D eigenvalue weighted by Gasteiger charge is -2.05. The monoisotopic (exact) mass is 344 g/mol. The zero-order valence-corrected chi connectivity index (χ0v) is 16.1. The van der Waals surface area contributed by atoms with Gasteiger partial charge in [-0.05, 0) is 24.1 Å². The minimum Gasteiger partial charge on any atom is -0.462 e. The van der Waals surface area contributed by atoms with Gasteiger partial charge in [-0.3, -0.25) is 0 Å². The highest BCUT2D eigenvalue weighted by atomic mass is 16.5. The van der Waals surface area contributed by atoms with Gasteiger partial charge < -0.3 is 4.74 Å². The number of esters is 1. The minimum atomic E-state index is -0.223. The van der Waals surface area contributed by atoms with Crippen LogP contribution in [0.15, 0.2) is 30.8 Å². The fraction of sp³-hybridized carbons (Fsp3) is 0.609. The molecule has 0 aliphatic rings. The Kier molecular flexibility index (Phi) is 12.7. The van der Waals surface area contributed by atoms with Gasteiger partial charge in [0, 0.05) is 0 Å². The highest BCUT2D eigenvalue weighted by molar-refractivity contribution is 5.89. The van der Waals surface area contributed by atoms with Crippen LogP contribution in [-0.2, 0) is 4.74 Å². The summed E-state index contributed by atoms with van der Waals surface area (Å²) in [7, 11) is 0. The Morgan fingerprint density at radius 3 is 1.80 bits per heavy atom. The van der Waals surface area contributed by atoms with Gasteiger partial charge in [0.05, 0.1) is 12.2 Å². The summed E-state index contributed by atoms with van der Waals surface area (Å²) in [5, 5.41) is 0. The van der Waals surface area contributed by atoms with Gasteiger partial charge in [0.15, 0.2) is 0 Å². The van der Waals surface area contributed by atoms with Gasteiger partial charge in [-0.2, -0.15) is 0 Å². The van der Waals surface area contributed by atoms with E-state index in [1.165, 1.54) is 64.2 Å². The molecule has 2 nitrogen and oxygen atoms in total. The Bertz CT molecular complexity index is 461. The lowest BCUT2D eigenvalue weighted by molar-refractivity contribution is 0.0497. The first kappa shape index (κ1) is 21.5. The molecule has 1 aromatic rings. The molecule has 0 radical (unpaired) electrons. The van der Waals surface area contributed by atoms with Gasteiger partial charge in [-0.1, -0.05) is 102 Å². The van der Waals surface area contributed by atoms with Crippen molar-refractivity contribution in [3.05, 3.63) is 42.0 Å². The molecule has 0 bridgehead atoms. The molecule has 0 atom stereocenters. The van der Waals surface area contributed by atoms with Crippen LogP contribution in [0.5, 0.6) is 0 Å². The van der Waals surface area contributed by atoms with E-state index in [9.17, 15) is 4.79 Å². The van der Waals surface area contributed by atoms with Crippen LogP contribution >= 0.6 is 0 Å². The first-order chi connectivity index (χ1) is 12.3. The highest BCUT2D eigenvalue weighted by Crippen LogP contribution is 2.12. The summed E-state index contributed by atoms with van der Waals surface area (Å²) in [5.74, 6) is -0.223. The van der Waals surface area contributed by atoms with E-state index in [2.05, 4.69) is 13.5 Å². The predicted molar refractivity (Wildman–Crippen MR) is 108 cm³/mol. The Morgan fingerprint density at radius 1 is 0.840 bits per heavy atom. The highest BCUT2D eigenvalue weighted by Gasteiger charge is 2.05. The van der Waals surface area contributed by atoms with Gasteiger partial charge in [0.2, 0.25) is 0 Å². The Labute approximate surface area is 154 Å². The van der Waals surface area contributed by atoms with Gasteiger partial charge in [0.25, 0.3) is 0 Å². The van der Waals surface area contributed by atoms with Crippen LogP contribution in [0.2, 0.25) is 0 Å². The van der Waals surface area contributed by atoms with E-state index in [-0.39, 0.29) is 5.97 Å². The summed E-state index contributed by atoms with van der Waals surface area (Å²) in [6.07, 6.45) is 17.5. The van der Waals surface area contributed by atoms with Crippen molar-refractivity contribution in [2.45, 2.75) is 84.0 Å². The number of unbranched alkanes of at least 4 members (excludes halogenated alkanes) is 11. The van der Waals surface area contributed by atoms with E-state index >= 15 is 0 Å². The third kappa shape index (κ3) is 10.8. The maximum Gasteiger partial charge on any atom is 0.338 e. The molecular weight excluding hydrogens is 308 g/mol. The summed E-state index contributed by atoms with van der Waals surface area (Å²) < 4.78 is 5.33. The van der Waals surface area contributed by atoms with Gasteiger partial charge in [0.1, 0.15) is 0 Å². The standard InChI is InChI=1S/C23H36O2/c1-3-5-6-7-8-9-10-11-12-13-14-15-20-25-23(24)22-18-16-21(4-2)17-19-22/h4,16-19H,2-3,5-15,20H2,1H3. The molecule has 2 heteroatoms. The van der Waals surface area contributed by atoms with E-state index in [0.29, 0.717) is 12.2 Å². The average molecular weight is 345 g/mol. The maximum atomic E-state index is 11.9. The molecule has 0 saturated heterocycles. The topological polar surface area (TPSA) is 26.3 Å². The Hall–Kier alpha value is -1.57. The molecule has 1 aromatic carbocycles. The van der Waals surface area contributed by atoms with E-state index in [0.717, 1.165) is 18.4 Å². The van der Waals surface area contributed by atoms with Crippen molar-refractivity contribution in [1.82, 2.24) is 0 Å². The second-order valence-electron chi connectivity index (χ2n) is 6.85. The van der Waals surface area contributed by atoms with Gasteiger partial charge in [-0.15, -0.1) is 0 Å². The molecule has 0 unspecified atom stereocenters. The van der Waals surface area contributed by atoms with E-state index in [1.807, 2.05) is 12.1 Å². The summed E-state index contributed by atoms with van der Waals surface area (Å²) in [5.41, 5.74) is 1.63. The molecule has 0 spiro atoms. The molecule has 0 heterocycles. The van der Waals surface area contributed by atoms with Crippen LogP contribution in [0.1, 0.15) is 99.9 Å². The number of rotatable bonds is 15. The largest absolute Gasteiger partial charge is 0.462 e. The molecule has 0 amide bonds. The van der Waals surface area contributed by atoms with Crippen LogP contribution in [0, 0.1) is 0 Å². The van der Waals surface area contributed by atoms with Crippen LogP contribution in [0.3, 0.4) is 0 Å². The summed E-state index contributed by atoms with van der Waals surface area (Å²) in [4.78, 5) is 11.9. The number of hydrogen-bond donors (Lipinski definition) is 0. The third-order valence-corrected chi connectivity index (χ3v) is 4.61. The zero-order valence-electron chi connectivity index (χ0n) is 16.1. The fourth-order valence-corrected chi connectivity index (χ4v) is 2.95. The summed E-state index contributed by atoms with van der Waals surface area (Å²) >= 11 is 0. The number of carbonyl (C=O) groups excluding carboxylic acids is 1. The number of carbonyl (C=O) groups is 1. The second-order valence-corrected chi connectivity index (χ2v) is 6.85. The van der Waals surface area contributed by atoms with Crippen molar-refractivity contribution in [2.24, 2.45) is 0 Å². The first-order valence-corrected chi connectivity index (χ1v) is 10.2. The molecule has 0 fully saturated rings.